The van der Waals surface area contributed by atoms with Gasteiger partial charge >= 0.3 is 0 Å². The van der Waals surface area contributed by atoms with Crippen molar-refractivity contribution in [3.8, 4) is 5.69 Å². The molecule has 1 heterocycles. The van der Waals surface area contributed by atoms with E-state index < -0.39 is 11.6 Å². The average Bonchev–Trinajstić information content (AvgIpc) is 2.50. The summed E-state index contributed by atoms with van der Waals surface area (Å²) in [5, 5.41) is 0. The minimum atomic E-state index is -0.622. The number of benzene rings is 1. The number of hydrogen-bond donors (Lipinski definition) is 0. The fraction of sp³-hybridized carbons (Fsp3) is 0.100. The number of imidazole rings is 1. The van der Waals surface area contributed by atoms with Crippen molar-refractivity contribution >= 4 is 15.9 Å². The van der Waals surface area contributed by atoms with Crippen molar-refractivity contribution in [1.82, 2.24) is 9.55 Å². The van der Waals surface area contributed by atoms with Crippen LogP contribution in [0.3, 0.4) is 0 Å². The third-order valence-corrected chi connectivity index (χ3v) is 2.65. The van der Waals surface area contributed by atoms with E-state index in [2.05, 4.69) is 20.9 Å². The van der Waals surface area contributed by atoms with Crippen molar-refractivity contribution in [3.63, 3.8) is 0 Å². The van der Waals surface area contributed by atoms with Gasteiger partial charge in [-0.05, 0) is 28.9 Å². The van der Waals surface area contributed by atoms with Crippen LogP contribution in [-0.4, -0.2) is 9.55 Å². The third-order valence-electron chi connectivity index (χ3n) is 2.05. The molecule has 5 heteroatoms. The quantitative estimate of drug-likeness (QED) is 0.780. The zero-order chi connectivity index (χ0) is 11.0. The number of rotatable bonds is 1. The van der Waals surface area contributed by atoms with Crippen LogP contribution in [0.4, 0.5) is 8.78 Å². The minimum absolute atomic E-state index is 0.270. The van der Waals surface area contributed by atoms with E-state index in [1.807, 2.05) is 0 Å². The van der Waals surface area contributed by atoms with Gasteiger partial charge in [-0.25, -0.2) is 13.8 Å². The van der Waals surface area contributed by atoms with Crippen LogP contribution in [-0.2, 0) is 0 Å². The van der Waals surface area contributed by atoms with Gasteiger partial charge in [-0.3, -0.25) is 4.57 Å². The first kappa shape index (κ1) is 10.3. The fourth-order valence-corrected chi connectivity index (χ4v) is 1.96. The highest BCUT2D eigenvalue weighted by Crippen LogP contribution is 2.26. The molecule has 0 N–H and O–H groups in total. The van der Waals surface area contributed by atoms with Crippen molar-refractivity contribution in [2.24, 2.45) is 0 Å². The summed E-state index contributed by atoms with van der Waals surface area (Å²) in [4.78, 5) is 3.88. The van der Waals surface area contributed by atoms with Crippen LogP contribution in [0.25, 0.3) is 5.69 Å². The molecular formula is C10H7BrF2N2. The molecule has 0 atom stereocenters. The Kier molecular flexibility index (Phi) is 2.56. The molecule has 0 radical (unpaired) electrons. The number of aryl methyl sites for hydroxylation is 1. The lowest BCUT2D eigenvalue weighted by Gasteiger charge is -2.08. The SMILES string of the molecule is Cc1cncn1-c1c(F)cc(F)cc1Br. The molecule has 0 unspecified atom stereocenters. The standard InChI is InChI=1S/C10H7BrF2N2/c1-6-4-14-5-15(6)10-8(11)2-7(12)3-9(10)13/h2-5H,1H3. The van der Waals surface area contributed by atoms with E-state index >= 15 is 0 Å². The second-order valence-corrected chi connectivity index (χ2v) is 3.98. The minimum Gasteiger partial charge on any atom is -0.300 e. The van der Waals surface area contributed by atoms with Gasteiger partial charge in [0.05, 0.1) is 12.0 Å². The van der Waals surface area contributed by atoms with Gasteiger partial charge in [0, 0.05) is 22.4 Å². The topological polar surface area (TPSA) is 17.8 Å². The van der Waals surface area contributed by atoms with Crippen LogP contribution in [0.2, 0.25) is 0 Å². The molecule has 0 saturated heterocycles. The Balaban J connectivity index is 2.68. The van der Waals surface area contributed by atoms with Gasteiger partial charge in [-0.1, -0.05) is 0 Å². The second-order valence-electron chi connectivity index (χ2n) is 3.12. The molecule has 0 bridgehead atoms. The molecule has 0 aliphatic rings. The first-order chi connectivity index (χ1) is 7.09. The molecule has 0 spiro atoms. The smallest absolute Gasteiger partial charge is 0.151 e. The summed E-state index contributed by atoms with van der Waals surface area (Å²) in [7, 11) is 0. The van der Waals surface area contributed by atoms with E-state index in [0.717, 1.165) is 11.8 Å². The van der Waals surface area contributed by atoms with Gasteiger partial charge in [-0.2, -0.15) is 0 Å². The fourth-order valence-electron chi connectivity index (χ4n) is 1.36. The Morgan fingerprint density at radius 2 is 2.07 bits per heavy atom. The van der Waals surface area contributed by atoms with Gasteiger partial charge in [-0.15, -0.1) is 0 Å². The maximum atomic E-state index is 13.5. The Hall–Kier alpha value is -1.23. The van der Waals surface area contributed by atoms with E-state index in [1.54, 1.807) is 17.7 Å². The maximum Gasteiger partial charge on any atom is 0.151 e. The van der Waals surface area contributed by atoms with Gasteiger partial charge in [0.2, 0.25) is 0 Å². The molecule has 2 aromatic rings. The summed E-state index contributed by atoms with van der Waals surface area (Å²) in [5.74, 6) is -1.23. The summed E-state index contributed by atoms with van der Waals surface area (Å²) in [5.41, 5.74) is 1.05. The first-order valence-corrected chi connectivity index (χ1v) is 5.03. The average molecular weight is 273 g/mol. The van der Waals surface area contributed by atoms with Crippen LogP contribution < -0.4 is 0 Å². The van der Waals surface area contributed by atoms with Gasteiger partial charge in [0.15, 0.2) is 5.82 Å². The van der Waals surface area contributed by atoms with Crippen molar-refractivity contribution in [1.29, 1.82) is 0 Å². The molecule has 2 rings (SSSR count). The molecule has 1 aromatic heterocycles. The number of nitrogens with zero attached hydrogens (tertiary/aromatic N) is 2. The van der Waals surface area contributed by atoms with Crippen LogP contribution in [0.1, 0.15) is 5.69 Å². The zero-order valence-corrected chi connectivity index (χ0v) is 9.42. The van der Waals surface area contributed by atoms with Crippen molar-refractivity contribution in [2.75, 3.05) is 0 Å². The van der Waals surface area contributed by atoms with Crippen LogP contribution >= 0.6 is 15.9 Å². The largest absolute Gasteiger partial charge is 0.300 e. The van der Waals surface area contributed by atoms with E-state index in [-0.39, 0.29) is 5.69 Å². The zero-order valence-electron chi connectivity index (χ0n) is 7.84. The lowest BCUT2D eigenvalue weighted by atomic mass is 10.3. The number of aromatic nitrogens is 2. The van der Waals surface area contributed by atoms with E-state index in [9.17, 15) is 8.78 Å². The second kappa shape index (κ2) is 3.73. The third kappa shape index (κ3) is 1.79. The number of hydrogen-bond acceptors (Lipinski definition) is 1. The summed E-state index contributed by atoms with van der Waals surface area (Å²) in [6, 6.07) is 2.07. The molecule has 2 nitrogen and oxygen atoms in total. The van der Waals surface area contributed by atoms with E-state index in [0.29, 0.717) is 4.47 Å². The van der Waals surface area contributed by atoms with E-state index in [1.165, 1.54) is 12.4 Å². The Morgan fingerprint density at radius 1 is 1.33 bits per heavy atom. The summed E-state index contributed by atoms with van der Waals surface area (Å²) < 4.78 is 28.3. The van der Waals surface area contributed by atoms with E-state index in [4.69, 9.17) is 0 Å². The molecule has 15 heavy (non-hydrogen) atoms. The van der Waals surface area contributed by atoms with Gasteiger partial charge < -0.3 is 0 Å². The van der Waals surface area contributed by atoms with Gasteiger partial charge in [0.1, 0.15) is 5.82 Å². The molecule has 0 saturated carbocycles. The first-order valence-electron chi connectivity index (χ1n) is 4.23. The highest BCUT2D eigenvalue weighted by Gasteiger charge is 2.12. The Labute approximate surface area is 93.7 Å². The molecular weight excluding hydrogens is 266 g/mol. The highest BCUT2D eigenvalue weighted by atomic mass is 79.9. The lowest BCUT2D eigenvalue weighted by molar-refractivity contribution is 0.575. The lowest BCUT2D eigenvalue weighted by Crippen LogP contribution is -2.00. The highest BCUT2D eigenvalue weighted by molar-refractivity contribution is 9.10. The number of halogens is 3. The normalized spacial score (nSPS) is 10.7. The molecule has 1 aromatic carbocycles. The molecule has 0 amide bonds. The maximum absolute atomic E-state index is 13.5. The summed E-state index contributed by atoms with van der Waals surface area (Å²) in [6.07, 6.45) is 3.09. The van der Waals surface area contributed by atoms with Crippen molar-refractivity contribution in [3.05, 3.63) is 46.5 Å². The molecule has 0 fully saturated rings. The molecule has 78 valence electrons. The Bertz CT molecular complexity index is 485. The van der Waals surface area contributed by atoms with Crippen molar-refractivity contribution < 1.29 is 8.78 Å². The monoisotopic (exact) mass is 272 g/mol. The Morgan fingerprint density at radius 3 is 2.60 bits per heavy atom. The van der Waals surface area contributed by atoms with Crippen LogP contribution in [0, 0.1) is 18.6 Å². The van der Waals surface area contributed by atoms with Gasteiger partial charge in [0.25, 0.3) is 0 Å². The predicted molar refractivity (Wildman–Crippen MR) is 55.9 cm³/mol. The van der Waals surface area contributed by atoms with Crippen molar-refractivity contribution in [2.45, 2.75) is 6.92 Å². The molecule has 0 aliphatic heterocycles. The van der Waals surface area contributed by atoms with Crippen LogP contribution in [0.15, 0.2) is 29.1 Å². The van der Waals surface area contributed by atoms with Crippen LogP contribution in [0.5, 0.6) is 0 Å². The summed E-state index contributed by atoms with van der Waals surface area (Å²) >= 11 is 3.12. The molecule has 0 aliphatic carbocycles. The predicted octanol–water partition coefficient (Wildman–Crippen LogP) is 3.22. The summed E-state index contributed by atoms with van der Waals surface area (Å²) in [6.45, 7) is 1.79.